The molecule has 1 aliphatic rings. The first-order valence-electron chi connectivity index (χ1n) is 7.06. The third-order valence-corrected chi connectivity index (χ3v) is 4.69. The SMILES string of the molecule is CCN(C)c1nc(N)c(C(=O)NCC(=O)N2CCCC2)s1. The highest BCUT2D eigenvalue weighted by Gasteiger charge is 2.21. The van der Waals surface area contributed by atoms with E-state index < -0.39 is 0 Å². The number of likely N-dealkylation sites (tertiary alicyclic amines) is 1. The second-order valence-electron chi connectivity index (χ2n) is 5.00. The van der Waals surface area contributed by atoms with Crippen LogP contribution in [-0.2, 0) is 4.79 Å². The summed E-state index contributed by atoms with van der Waals surface area (Å²) < 4.78 is 0. The summed E-state index contributed by atoms with van der Waals surface area (Å²) in [5.74, 6) is -0.176. The number of nitrogen functional groups attached to an aromatic ring is 1. The number of hydrogen-bond donors (Lipinski definition) is 2. The Hall–Kier alpha value is -1.83. The predicted molar refractivity (Wildman–Crippen MR) is 83.6 cm³/mol. The fourth-order valence-corrected chi connectivity index (χ4v) is 3.02. The molecule has 21 heavy (non-hydrogen) atoms. The number of hydrogen-bond acceptors (Lipinski definition) is 6. The number of anilines is 2. The Morgan fingerprint density at radius 2 is 2.10 bits per heavy atom. The van der Waals surface area contributed by atoms with E-state index in [4.69, 9.17) is 5.73 Å². The Labute approximate surface area is 128 Å². The van der Waals surface area contributed by atoms with Crippen molar-refractivity contribution in [2.75, 3.05) is 43.9 Å². The molecule has 0 saturated carbocycles. The topological polar surface area (TPSA) is 91.6 Å². The van der Waals surface area contributed by atoms with E-state index in [2.05, 4.69) is 10.3 Å². The van der Waals surface area contributed by atoms with E-state index >= 15 is 0 Å². The highest BCUT2D eigenvalue weighted by Crippen LogP contribution is 2.27. The van der Waals surface area contributed by atoms with Crippen LogP contribution in [0, 0.1) is 0 Å². The van der Waals surface area contributed by atoms with E-state index in [0.717, 1.165) is 32.5 Å². The molecule has 0 aromatic carbocycles. The monoisotopic (exact) mass is 311 g/mol. The molecular weight excluding hydrogens is 290 g/mol. The second-order valence-corrected chi connectivity index (χ2v) is 5.97. The molecule has 1 aliphatic heterocycles. The quantitative estimate of drug-likeness (QED) is 0.828. The average Bonchev–Trinajstić information content (AvgIpc) is 3.12. The molecule has 2 heterocycles. The van der Waals surface area contributed by atoms with Crippen LogP contribution in [0.4, 0.5) is 10.9 Å². The van der Waals surface area contributed by atoms with Crippen molar-refractivity contribution in [3.8, 4) is 0 Å². The van der Waals surface area contributed by atoms with Gasteiger partial charge in [-0.1, -0.05) is 11.3 Å². The Kier molecular flexibility index (Phi) is 5.00. The first-order chi connectivity index (χ1) is 10.0. The van der Waals surface area contributed by atoms with Crippen LogP contribution >= 0.6 is 11.3 Å². The Morgan fingerprint density at radius 3 is 2.71 bits per heavy atom. The lowest BCUT2D eigenvalue weighted by Gasteiger charge is -2.15. The van der Waals surface area contributed by atoms with Crippen LogP contribution < -0.4 is 16.0 Å². The zero-order valence-corrected chi connectivity index (χ0v) is 13.2. The van der Waals surface area contributed by atoms with Crippen LogP contribution in [0.1, 0.15) is 29.4 Å². The van der Waals surface area contributed by atoms with Gasteiger partial charge in [-0.3, -0.25) is 9.59 Å². The van der Waals surface area contributed by atoms with Crippen molar-refractivity contribution in [2.24, 2.45) is 0 Å². The van der Waals surface area contributed by atoms with Gasteiger partial charge in [-0.2, -0.15) is 0 Å². The van der Waals surface area contributed by atoms with Gasteiger partial charge in [-0.15, -0.1) is 0 Å². The number of nitrogens with two attached hydrogens (primary N) is 1. The molecule has 3 N–H and O–H groups in total. The van der Waals surface area contributed by atoms with Crippen LogP contribution in [0.25, 0.3) is 0 Å². The molecule has 8 heteroatoms. The zero-order chi connectivity index (χ0) is 15.4. The van der Waals surface area contributed by atoms with E-state index in [1.54, 1.807) is 4.90 Å². The fraction of sp³-hybridized carbons (Fsp3) is 0.615. The Morgan fingerprint density at radius 1 is 1.43 bits per heavy atom. The van der Waals surface area contributed by atoms with Gasteiger partial charge in [0, 0.05) is 26.7 Å². The van der Waals surface area contributed by atoms with E-state index in [1.807, 2.05) is 18.9 Å². The number of nitrogens with zero attached hydrogens (tertiary/aromatic N) is 3. The van der Waals surface area contributed by atoms with E-state index in [0.29, 0.717) is 10.0 Å². The highest BCUT2D eigenvalue weighted by molar-refractivity contribution is 7.18. The largest absolute Gasteiger partial charge is 0.382 e. The fourth-order valence-electron chi connectivity index (χ4n) is 2.10. The van der Waals surface area contributed by atoms with Gasteiger partial charge in [0.05, 0.1) is 6.54 Å². The highest BCUT2D eigenvalue weighted by atomic mass is 32.1. The molecule has 2 amide bonds. The lowest BCUT2D eigenvalue weighted by molar-refractivity contribution is -0.129. The molecule has 0 spiro atoms. The third-order valence-electron chi connectivity index (χ3n) is 3.51. The van der Waals surface area contributed by atoms with Crippen molar-refractivity contribution in [1.82, 2.24) is 15.2 Å². The van der Waals surface area contributed by atoms with Crippen molar-refractivity contribution in [2.45, 2.75) is 19.8 Å². The molecule has 1 saturated heterocycles. The molecule has 0 radical (unpaired) electrons. The summed E-state index contributed by atoms with van der Waals surface area (Å²) in [4.78, 5) is 32.2. The minimum Gasteiger partial charge on any atom is -0.382 e. The summed E-state index contributed by atoms with van der Waals surface area (Å²) in [7, 11) is 1.89. The Balaban J connectivity index is 1.93. The standard InChI is InChI=1S/C13H21N5O2S/c1-3-17(2)13-16-11(14)10(21-13)12(20)15-8-9(19)18-6-4-5-7-18/h3-8,14H2,1-2H3,(H,15,20). The van der Waals surface area contributed by atoms with Crippen LogP contribution in [-0.4, -0.2) is 54.9 Å². The normalized spacial score (nSPS) is 14.3. The molecule has 2 rings (SSSR count). The number of carbonyl (C=O) groups excluding carboxylic acids is 2. The molecule has 116 valence electrons. The maximum absolute atomic E-state index is 12.1. The van der Waals surface area contributed by atoms with Gasteiger partial charge < -0.3 is 20.9 Å². The Bertz CT molecular complexity index is 525. The van der Waals surface area contributed by atoms with Gasteiger partial charge in [0.2, 0.25) is 5.91 Å². The first kappa shape index (κ1) is 15.6. The minimum atomic E-state index is -0.340. The summed E-state index contributed by atoms with van der Waals surface area (Å²) in [5.41, 5.74) is 5.78. The van der Waals surface area contributed by atoms with Crippen molar-refractivity contribution < 1.29 is 9.59 Å². The van der Waals surface area contributed by atoms with Crippen molar-refractivity contribution in [1.29, 1.82) is 0 Å². The maximum atomic E-state index is 12.1. The molecule has 0 atom stereocenters. The van der Waals surface area contributed by atoms with Gasteiger partial charge in [0.1, 0.15) is 10.7 Å². The number of nitrogens with one attached hydrogen (secondary N) is 1. The molecule has 1 aromatic rings. The molecule has 7 nitrogen and oxygen atoms in total. The molecule has 1 aromatic heterocycles. The number of amides is 2. The summed E-state index contributed by atoms with van der Waals surface area (Å²) in [6.07, 6.45) is 2.07. The van der Waals surface area contributed by atoms with Crippen LogP contribution in [0.15, 0.2) is 0 Å². The van der Waals surface area contributed by atoms with E-state index in [1.165, 1.54) is 11.3 Å². The summed E-state index contributed by atoms with van der Waals surface area (Å²) in [6, 6.07) is 0. The smallest absolute Gasteiger partial charge is 0.265 e. The van der Waals surface area contributed by atoms with Gasteiger partial charge in [-0.25, -0.2) is 4.98 Å². The lowest BCUT2D eigenvalue weighted by Crippen LogP contribution is -2.38. The molecule has 0 unspecified atom stereocenters. The van der Waals surface area contributed by atoms with Crippen LogP contribution in [0.3, 0.4) is 0 Å². The van der Waals surface area contributed by atoms with Crippen LogP contribution in [0.2, 0.25) is 0 Å². The van der Waals surface area contributed by atoms with Gasteiger partial charge >= 0.3 is 0 Å². The molecule has 0 bridgehead atoms. The number of aromatic nitrogens is 1. The second kappa shape index (κ2) is 6.75. The lowest BCUT2D eigenvalue weighted by atomic mass is 10.4. The number of carbonyl (C=O) groups is 2. The molecule has 0 aliphatic carbocycles. The first-order valence-corrected chi connectivity index (χ1v) is 7.88. The third kappa shape index (κ3) is 3.63. The van der Waals surface area contributed by atoms with Crippen molar-refractivity contribution >= 4 is 34.1 Å². The van der Waals surface area contributed by atoms with E-state index in [-0.39, 0.29) is 24.2 Å². The zero-order valence-electron chi connectivity index (χ0n) is 12.4. The summed E-state index contributed by atoms with van der Waals surface area (Å²) in [6.45, 7) is 4.34. The molecular formula is C13H21N5O2S. The van der Waals surface area contributed by atoms with Gasteiger partial charge in [0.25, 0.3) is 5.91 Å². The van der Waals surface area contributed by atoms with Gasteiger partial charge in [-0.05, 0) is 19.8 Å². The van der Waals surface area contributed by atoms with Crippen molar-refractivity contribution in [3.05, 3.63) is 4.88 Å². The van der Waals surface area contributed by atoms with Gasteiger partial charge in [0.15, 0.2) is 5.13 Å². The maximum Gasteiger partial charge on any atom is 0.265 e. The van der Waals surface area contributed by atoms with Crippen LogP contribution in [0.5, 0.6) is 0 Å². The predicted octanol–water partition coefficient (Wildman–Crippen LogP) is 0.534. The molecule has 1 fully saturated rings. The number of thiazole rings is 1. The summed E-state index contributed by atoms with van der Waals surface area (Å²) >= 11 is 1.24. The minimum absolute atomic E-state index is 0.00905. The summed E-state index contributed by atoms with van der Waals surface area (Å²) in [5, 5.41) is 3.33. The number of rotatable bonds is 5. The average molecular weight is 311 g/mol. The van der Waals surface area contributed by atoms with Crippen molar-refractivity contribution in [3.63, 3.8) is 0 Å². The van der Waals surface area contributed by atoms with E-state index in [9.17, 15) is 9.59 Å².